The molecule has 31 heavy (non-hydrogen) atoms. The number of carbonyl (C=O) groups is 2. The Hall–Kier alpha value is -3.52. The second-order valence-corrected chi connectivity index (χ2v) is 7.36. The van der Waals surface area contributed by atoms with Gasteiger partial charge in [-0.05, 0) is 43.2 Å². The normalized spacial score (nSPS) is 19.9. The molecular formula is C23H26N4O4. The Morgan fingerprint density at radius 1 is 1.16 bits per heavy atom. The third-order valence-corrected chi connectivity index (χ3v) is 5.36. The van der Waals surface area contributed by atoms with Crippen molar-refractivity contribution in [2.45, 2.75) is 25.4 Å². The van der Waals surface area contributed by atoms with Crippen molar-refractivity contribution in [2.75, 3.05) is 25.6 Å². The van der Waals surface area contributed by atoms with Gasteiger partial charge in [-0.3, -0.25) is 9.59 Å². The van der Waals surface area contributed by atoms with Gasteiger partial charge >= 0.3 is 0 Å². The molecular weight excluding hydrogens is 396 g/mol. The first-order valence-electron chi connectivity index (χ1n) is 10.3. The Bertz CT molecular complexity index is 976. The van der Waals surface area contributed by atoms with Crippen LogP contribution in [0.15, 0.2) is 60.9 Å². The minimum atomic E-state index is -0.361. The number of fused-ring (bicyclic) bond motifs is 1. The van der Waals surface area contributed by atoms with E-state index < -0.39 is 0 Å². The van der Waals surface area contributed by atoms with E-state index in [9.17, 15) is 9.59 Å². The maximum atomic E-state index is 13.0. The lowest BCUT2D eigenvalue weighted by Gasteiger charge is -2.31. The van der Waals surface area contributed by atoms with Gasteiger partial charge in [-0.2, -0.15) is 0 Å². The molecule has 2 N–H and O–H groups in total. The standard InChI is InChI=1S/C23H26N4O4/c1-3-31-17-10-8-16(9-11-17)19-14-20-23(29)26(12-13-27(20)25-19)15-22(28)24-18-6-4-5-7-21(18)30-2/h4-13,19-20,25H,3,14-15H2,1-2H3,(H,24,28). The monoisotopic (exact) mass is 422 g/mol. The number of nitrogens with one attached hydrogen (secondary N) is 2. The molecule has 2 heterocycles. The maximum Gasteiger partial charge on any atom is 0.251 e. The minimum Gasteiger partial charge on any atom is -0.495 e. The summed E-state index contributed by atoms with van der Waals surface area (Å²) in [6.45, 7) is 2.51. The van der Waals surface area contributed by atoms with E-state index in [4.69, 9.17) is 9.47 Å². The molecule has 1 saturated heterocycles. The quantitative estimate of drug-likeness (QED) is 0.714. The fourth-order valence-electron chi connectivity index (χ4n) is 3.84. The van der Waals surface area contributed by atoms with Gasteiger partial charge in [0.2, 0.25) is 5.91 Å². The smallest absolute Gasteiger partial charge is 0.251 e. The average Bonchev–Trinajstić information content (AvgIpc) is 3.22. The van der Waals surface area contributed by atoms with Crippen LogP contribution in [0.1, 0.15) is 24.9 Å². The summed E-state index contributed by atoms with van der Waals surface area (Å²) in [5, 5.41) is 4.62. The number of carbonyl (C=O) groups excluding carboxylic acids is 2. The summed E-state index contributed by atoms with van der Waals surface area (Å²) in [5.41, 5.74) is 5.02. The average molecular weight is 422 g/mol. The molecule has 1 fully saturated rings. The largest absolute Gasteiger partial charge is 0.495 e. The first-order chi connectivity index (χ1) is 15.1. The van der Waals surface area contributed by atoms with E-state index in [1.165, 1.54) is 4.90 Å². The fraction of sp³-hybridized carbons (Fsp3) is 0.304. The molecule has 0 saturated carbocycles. The van der Waals surface area contributed by atoms with E-state index in [1.807, 2.05) is 48.3 Å². The van der Waals surface area contributed by atoms with Crippen LogP contribution in [-0.2, 0) is 9.59 Å². The van der Waals surface area contributed by atoms with Gasteiger partial charge < -0.3 is 24.7 Å². The van der Waals surface area contributed by atoms with Gasteiger partial charge in [0, 0.05) is 12.4 Å². The number of rotatable bonds is 7. The first kappa shape index (κ1) is 20.7. The van der Waals surface area contributed by atoms with Gasteiger partial charge in [-0.25, -0.2) is 5.43 Å². The molecule has 0 aromatic heterocycles. The van der Waals surface area contributed by atoms with E-state index >= 15 is 0 Å². The Morgan fingerprint density at radius 2 is 1.94 bits per heavy atom. The second-order valence-electron chi connectivity index (χ2n) is 7.36. The van der Waals surface area contributed by atoms with E-state index in [0.29, 0.717) is 24.5 Å². The molecule has 0 spiro atoms. The molecule has 2 unspecified atom stereocenters. The molecule has 162 valence electrons. The lowest BCUT2D eigenvalue weighted by molar-refractivity contribution is -0.137. The highest BCUT2D eigenvalue weighted by Gasteiger charge is 2.40. The Kier molecular flexibility index (Phi) is 6.08. The summed E-state index contributed by atoms with van der Waals surface area (Å²) in [5.74, 6) is 0.995. The fourth-order valence-corrected chi connectivity index (χ4v) is 3.84. The van der Waals surface area contributed by atoms with Crippen molar-refractivity contribution >= 4 is 17.5 Å². The highest BCUT2D eigenvalue weighted by atomic mass is 16.5. The number of ether oxygens (including phenoxy) is 2. The van der Waals surface area contributed by atoms with Crippen LogP contribution in [0, 0.1) is 0 Å². The van der Waals surface area contributed by atoms with Crippen LogP contribution in [0.5, 0.6) is 11.5 Å². The molecule has 2 atom stereocenters. The Balaban J connectivity index is 1.38. The van der Waals surface area contributed by atoms with Crippen LogP contribution in [0.25, 0.3) is 0 Å². The van der Waals surface area contributed by atoms with Crippen molar-refractivity contribution in [2.24, 2.45) is 0 Å². The number of hydrogen-bond acceptors (Lipinski definition) is 6. The topological polar surface area (TPSA) is 83.1 Å². The van der Waals surface area contributed by atoms with Crippen LogP contribution >= 0.6 is 0 Å². The molecule has 4 rings (SSSR count). The molecule has 2 aliphatic heterocycles. The Labute approximate surface area is 181 Å². The van der Waals surface area contributed by atoms with Crippen LogP contribution in [-0.4, -0.2) is 48.0 Å². The summed E-state index contributed by atoms with van der Waals surface area (Å²) >= 11 is 0. The number of anilines is 1. The molecule has 2 amide bonds. The van der Waals surface area contributed by atoms with Gasteiger partial charge in [0.1, 0.15) is 24.1 Å². The molecule has 2 aromatic rings. The van der Waals surface area contributed by atoms with Crippen molar-refractivity contribution in [3.63, 3.8) is 0 Å². The predicted octanol–water partition coefficient (Wildman–Crippen LogP) is 2.67. The van der Waals surface area contributed by atoms with Crippen molar-refractivity contribution in [1.29, 1.82) is 0 Å². The molecule has 8 nitrogen and oxygen atoms in total. The molecule has 2 aromatic carbocycles. The van der Waals surface area contributed by atoms with E-state index in [1.54, 1.807) is 31.6 Å². The number of hydrogen-bond donors (Lipinski definition) is 2. The number of benzene rings is 2. The highest BCUT2D eigenvalue weighted by molar-refractivity contribution is 5.97. The van der Waals surface area contributed by atoms with Crippen molar-refractivity contribution in [3.8, 4) is 11.5 Å². The summed E-state index contributed by atoms with van der Waals surface area (Å²) < 4.78 is 10.8. The summed E-state index contributed by atoms with van der Waals surface area (Å²) in [7, 11) is 1.55. The van der Waals surface area contributed by atoms with Gasteiger partial charge in [-0.1, -0.05) is 24.3 Å². The third-order valence-electron chi connectivity index (χ3n) is 5.36. The minimum absolute atomic E-state index is 0.0108. The predicted molar refractivity (Wildman–Crippen MR) is 116 cm³/mol. The van der Waals surface area contributed by atoms with Crippen molar-refractivity contribution in [1.82, 2.24) is 15.3 Å². The van der Waals surface area contributed by atoms with E-state index in [-0.39, 0.29) is 30.4 Å². The Morgan fingerprint density at radius 3 is 2.68 bits per heavy atom. The summed E-state index contributed by atoms with van der Waals surface area (Å²) in [6.07, 6.45) is 4.05. The second kappa shape index (κ2) is 9.09. The zero-order valence-corrected chi connectivity index (χ0v) is 17.6. The molecule has 0 radical (unpaired) electrons. The molecule has 2 aliphatic rings. The van der Waals surface area contributed by atoms with Gasteiger partial charge in [0.25, 0.3) is 5.91 Å². The maximum absolute atomic E-state index is 13.0. The van der Waals surface area contributed by atoms with Crippen molar-refractivity contribution < 1.29 is 19.1 Å². The summed E-state index contributed by atoms with van der Waals surface area (Å²) in [6, 6.07) is 14.7. The van der Waals surface area contributed by atoms with Crippen molar-refractivity contribution in [3.05, 3.63) is 66.5 Å². The number of hydrazine groups is 1. The van der Waals surface area contributed by atoms with Gasteiger partial charge in [0.05, 0.1) is 25.4 Å². The highest BCUT2D eigenvalue weighted by Crippen LogP contribution is 2.31. The van der Waals surface area contributed by atoms with Crippen LogP contribution in [0.4, 0.5) is 5.69 Å². The van der Waals surface area contributed by atoms with Gasteiger partial charge in [0.15, 0.2) is 0 Å². The summed E-state index contributed by atoms with van der Waals surface area (Å²) in [4.78, 5) is 27.0. The van der Waals surface area contributed by atoms with E-state index in [0.717, 1.165) is 11.3 Å². The molecule has 0 bridgehead atoms. The lowest BCUT2D eigenvalue weighted by atomic mass is 10.0. The van der Waals surface area contributed by atoms with E-state index in [2.05, 4.69) is 10.7 Å². The number of nitrogens with zero attached hydrogens (tertiary/aromatic N) is 2. The lowest BCUT2D eigenvalue weighted by Crippen LogP contribution is -2.49. The number of amides is 2. The molecule has 0 aliphatic carbocycles. The van der Waals surface area contributed by atoms with Crippen LogP contribution < -0.4 is 20.2 Å². The van der Waals surface area contributed by atoms with Crippen LogP contribution in [0.2, 0.25) is 0 Å². The first-order valence-corrected chi connectivity index (χ1v) is 10.3. The SMILES string of the molecule is CCOc1ccc(C2CC3C(=O)N(CC(=O)Nc4ccccc4OC)C=CN3N2)cc1. The zero-order valence-electron chi connectivity index (χ0n) is 17.6. The number of methoxy groups -OCH3 is 1. The van der Waals surface area contributed by atoms with Crippen LogP contribution in [0.3, 0.4) is 0 Å². The molecule has 8 heteroatoms. The van der Waals surface area contributed by atoms with Gasteiger partial charge in [-0.15, -0.1) is 0 Å². The zero-order chi connectivity index (χ0) is 21.8. The number of para-hydroxylation sites is 2. The third kappa shape index (κ3) is 4.49.